The van der Waals surface area contributed by atoms with E-state index in [1.54, 1.807) is 6.92 Å². The van der Waals surface area contributed by atoms with Crippen molar-refractivity contribution in [3.63, 3.8) is 0 Å². The molecule has 84 valence electrons. The number of hydrogen-bond donors (Lipinski definition) is 0. The van der Waals surface area contributed by atoms with Gasteiger partial charge in [-0.3, -0.25) is 4.79 Å². The molecule has 1 amide bonds. The molecule has 1 fully saturated rings. The minimum atomic E-state index is 0.142. The van der Waals surface area contributed by atoms with Crippen molar-refractivity contribution >= 4 is 17.3 Å². The van der Waals surface area contributed by atoms with Crippen LogP contribution in [0.15, 0.2) is 24.3 Å². The fraction of sp³-hybridized carbons (Fsp3) is 0.462. The zero-order valence-corrected chi connectivity index (χ0v) is 9.52. The van der Waals surface area contributed by atoms with Gasteiger partial charge in [0.1, 0.15) is 0 Å². The van der Waals surface area contributed by atoms with Crippen LogP contribution in [0.3, 0.4) is 0 Å². The van der Waals surface area contributed by atoms with Crippen molar-refractivity contribution < 1.29 is 4.79 Å². The van der Waals surface area contributed by atoms with Gasteiger partial charge >= 0.3 is 0 Å². The van der Waals surface area contributed by atoms with Crippen molar-refractivity contribution in [2.75, 3.05) is 22.9 Å². The maximum atomic E-state index is 11.6. The van der Waals surface area contributed by atoms with Gasteiger partial charge < -0.3 is 9.80 Å². The quantitative estimate of drug-likeness (QED) is 0.717. The molecular weight excluding hydrogens is 200 g/mol. The van der Waals surface area contributed by atoms with Gasteiger partial charge in [-0.05, 0) is 25.0 Å². The number of carbonyl (C=O) groups is 1. The van der Waals surface area contributed by atoms with Gasteiger partial charge in [0.25, 0.3) is 0 Å². The molecule has 0 spiro atoms. The Labute approximate surface area is 95.7 Å². The fourth-order valence-corrected chi connectivity index (χ4v) is 2.48. The molecule has 1 aromatic carbocycles. The zero-order chi connectivity index (χ0) is 11.1. The summed E-state index contributed by atoms with van der Waals surface area (Å²) in [5.41, 5.74) is 2.31. The Balaban J connectivity index is 2.02. The number of fused-ring (bicyclic) bond motifs is 1. The first-order valence-corrected chi connectivity index (χ1v) is 5.91. The summed E-state index contributed by atoms with van der Waals surface area (Å²) in [6.45, 7) is 3.44. The molecule has 1 saturated carbocycles. The Hall–Kier alpha value is -1.51. The van der Waals surface area contributed by atoms with Crippen LogP contribution in [0.5, 0.6) is 0 Å². The number of hydrogen-bond acceptors (Lipinski definition) is 2. The molecule has 2 aliphatic rings. The second-order valence-corrected chi connectivity index (χ2v) is 4.58. The van der Waals surface area contributed by atoms with Crippen LogP contribution in [-0.4, -0.2) is 25.0 Å². The van der Waals surface area contributed by atoms with Crippen molar-refractivity contribution in [3.8, 4) is 0 Å². The van der Waals surface area contributed by atoms with Crippen LogP contribution in [0.4, 0.5) is 11.4 Å². The van der Waals surface area contributed by atoms with Gasteiger partial charge in [0.15, 0.2) is 0 Å². The Morgan fingerprint density at radius 2 is 1.88 bits per heavy atom. The molecule has 1 aliphatic carbocycles. The first kappa shape index (κ1) is 9.70. The molecule has 0 unspecified atom stereocenters. The number of para-hydroxylation sites is 2. The van der Waals surface area contributed by atoms with E-state index in [-0.39, 0.29) is 5.91 Å². The number of anilines is 2. The third kappa shape index (κ3) is 1.47. The van der Waals surface area contributed by atoms with Gasteiger partial charge in [0, 0.05) is 26.1 Å². The van der Waals surface area contributed by atoms with Gasteiger partial charge in [0.2, 0.25) is 5.91 Å². The maximum Gasteiger partial charge on any atom is 0.223 e. The lowest BCUT2D eigenvalue weighted by molar-refractivity contribution is -0.116. The smallest absolute Gasteiger partial charge is 0.223 e. The summed E-state index contributed by atoms with van der Waals surface area (Å²) in [5.74, 6) is 0.142. The zero-order valence-electron chi connectivity index (χ0n) is 9.52. The van der Waals surface area contributed by atoms with Gasteiger partial charge in [-0.2, -0.15) is 0 Å². The largest absolute Gasteiger partial charge is 0.365 e. The summed E-state index contributed by atoms with van der Waals surface area (Å²) in [6.07, 6.45) is 2.60. The van der Waals surface area contributed by atoms with E-state index in [4.69, 9.17) is 0 Å². The molecule has 0 bridgehead atoms. The Morgan fingerprint density at radius 3 is 2.50 bits per heavy atom. The molecule has 3 nitrogen and oxygen atoms in total. The van der Waals surface area contributed by atoms with Crippen molar-refractivity contribution in [1.29, 1.82) is 0 Å². The van der Waals surface area contributed by atoms with Gasteiger partial charge in [-0.25, -0.2) is 0 Å². The minimum absolute atomic E-state index is 0.142. The number of nitrogens with zero attached hydrogens (tertiary/aromatic N) is 2. The third-order valence-electron chi connectivity index (χ3n) is 3.41. The van der Waals surface area contributed by atoms with Crippen molar-refractivity contribution in [1.82, 2.24) is 0 Å². The topological polar surface area (TPSA) is 23.6 Å². The van der Waals surface area contributed by atoms with E-state index in [1.165, 1.54) is 18.5 Å². The molecule has 0 aromatic heterocycles. The Bertz CT molecular complexity index is 426. The molecule has 1 heterocycles. The van der Waals surface area contributed by atoms with Gasteiger partial charge in [-0.1, -0.05) is 12.1 Å². The summed E-state index contributed by atoms with van der Waals surface area (Å²) in [7, 11) is 0. The van der Waals surface area contributed by atoms with E-state index in [2.05, 4.69) is 17.0 Å². The predicted molar refractivity (Wildman–Crippen MR) is 64.8 cm³/mol. The summed E-state index contributed by atoms with van der Waals surface area (Å²) in [4.78, 5) is 15.9. The van der Waals surface area contributed by atoms with Gasteiger partial charge in [0.05, 0.1) is 11.4 Å². The van der Waals surface area contributed by atoms with Crippen LogP contribution in [-0.2, 0) is 4.79 Å². The van der Waals surface area contributed by atoms with Crippen LogP contribution in [0.25, 0.3) is 0 Å². The van der Waals surface area contributed by atoms with E-state index >= 15 is 0 Å². The molecule has 0 N–H and O–H groups in total. The second-order valence-electron chi connectivity index (χ2n) is 4.58. The lowest BCUT2D eigenvalue weighted by atomic mass is 10.1. The van der Waals surface area contributed by atoms with Crippen LogP contribution in [0, 0.1) is 0 Å². The number of benzene rings is 1. The van der Waals surface area contributed by atoms with Crippen LogP contribution >= 0.6 is 0 Å². The van der Waals surface area contributed by atoms with E-state index in [1.807, 2.05) is 17.0 Å². The standard InChI is InChI=1S/C13H16N2O/c1-10(16)14-8-9-15(11-6-7-11)13-5-3-2-4-12(13)14/h2-5,11H,6-9H2,1H3. The first-order chi connectivity index (χ1) is 7.77. The molecular formula is C13H16N2O. The van der Waals surface area contributed by atoms with E-state index < -0.39 is 0 Å². The van der Waals surface area contributed by atoms with Gasteiger partial charge in [-0.15, -0.1) is 0 Å². The number of carbonyl (C=O) groups excluding carboxylic acids is 1. The van der Waals surface area contributed by atoms with Crippen LogP contribution < -0.4 is 9.80 Å². The molecule has 3 heteroatoms. The fourth-order valence-electron chi connectivity index (χ4n) is 2.48. The third-order valence-corrected chi connectivity index (χ3v) is 3.41. The maximum absolute atomic E-state index is 11.6. The first-order valence-electron chi connectivity index (χ1n) is 5.91. The minimum Gasteiger partial charge on any atom is -0.365 e. The normalized spacial score (nSPS) is 19.6. The van der Waals surface area contributed by atoms with Crippen molar-refractivity contribution in [3.05, 3.63) is 24.3 Å². The summed E-state index contributed by atoms with van der Waals surface area (Å²) >= 11 is 0. The highest BCUT2D eigenvalue weighted by atomic mass is 16.2. The highest BCUT2D eigenvalue weighted by molar-refractivity contribution is 5.96. The van der Waals surface area contributed by atoms with E-state index in [0.717, 1.165) is 24.8 Å². The molecule has 1 aromatic rings. The lowest BCUT2D eigenvalue weighted by Gasteiger charge is -2.37. The SMILES string of the molecule is CC(=O)N1CCN(C2CC2)c2ccccc21. The molecule has 16 heavy (non-hydrogen) atoms. The van der Waals surface area contributed by atoms with Crippen molar-refractivity contribution in [2.24, 2.45) is 0 Å². The molecule has 0 saturated heterocycles. The van der Waals surface area contributed by atoms with Crippen LogP contribution in [0.1, 0.15) is 19.8 Å². The van der Waals surface area contributed by atoms with E-state index in [9.17, 15) is 4.79 Å². The Morgan fingerprint density at radius 1 is 1.19 bits per heavy atom. The molecule has 0 radical (unpaired) electrons. The summed E-state index contributed by atoms with van der Waals surface area (Å²) < 4.78 is 0. The van der Waals surface area contributed by atoms with Crippen molar-refractivity contribution in [2.45, 2.75) is 25.8 Å². The average molecular weight is 216 g/mol. The highest BCUT2D eigenvalue weighted by Crippen LogP contribution is 2.39. The summed E-state index contributed by atoms with van der Waals surface area (Å²) in [6, 6.07) is 8.95. The predicted octanol–water partition coefficient (Wildman–Crippen LogP) is 2.02. The van der Waals surface area contributed by atoms with E-state index in [0.29, 0.717) is 0 Å². The molecule has 3 rings (SSSR count). The second kappa shape index (κ2) is 3.51. The van der Waals surface area contributed by atoms with Crippen LogP contribution in [0.2, 0.25) is 0 Å². The number of amides is 1. The summed E-state index contributed by atoms with van der Waals surface area (Å²) in [5, 5.41) is 0. The molecule has 0 atom stereocenters. The molecule has 1 aliphatic heterocycles. The number of rotatable bonds is 1. The highest BCUT2D eigenvalue weighted by Gasteiger charge is 2.34. The Kier molecular flexibility index (Phi) is 2.13. The monoisotopic (exact) mass is 216 g/mol. The lowest BCUT2D eigenvalue weighted by Crippen LogP contribution is -2.44. The average Bonchev–Trinajstić information content (AvgIpc) is 3.11.